The number of fused-ring (bicyclic) bond motifs is 1. The third-order valence-electron chi connectivity index (χ3n) is 6.21. The molecular weight excluding hydrogens is 420 g/mol. The number of hydrogen-bond acceptors (Lipinski definition) is 5. The topological polar surface area (TPSA) is 65.7 Å². The average Bonchev–Trinajstić information content (AvgIpc) is 3.49. The number of piperidine rings is 1. The van der Waals surface area contributed by atoms with Gasteiger partial charge in [-0.1, -0.05) is 42.5 Å². The molecule has 0 aliphatic carbocycles. The van der Waals surface area contributed by atoms with Gasteiger partial charge in [0.2, 0.25) is 0 Å². The van der Waals surface area contributed by atoms with Gasteiger partial charge in [-0.3, -0.25) is 9.69 Å². The van der Waals surface area contributed by atoms with Crippen LogP contribution in [-0.2, 0) is 18.7 Å². The molecule has 3 heterocycles. The summed E-state index contributed by atoms with van der Waals surface area (Å²) in [5, 5.41) is 17.1. The van der Waals surface area contributed by atoms with Crippen molar-refractivity contribution in [2.45, 2.75) is 31.5 Å². The smallest absolute Gasteiger partial charge is 0.287 e. The van der Waals surface area contributed by atoms with Crippen molar-refractivity contribution in [3.8, 4) is 0 Å². The molecule has 1 amide bonds. The molecule has 32 heavy (non-hydrogen) atoms. The largest absolute Gasteiger partial charge is 0.451 e. The van der Waals surface area contributed by atoms with E-state index < -0.39 is 5.60 Å². The summed E-state index contributed by atoms with van der Waals surface area (Å²) >= 11 is 1.61. The van der Waals surface area contributed by atoms with E-state index in [1.165, 1.54) is 5.56 Å². The van der Waals surface area contributed by atoms with E-state index in [0.717, 1.165) is 35.5 Å². The molecule has 4 aromatic rings. The third kappa shape index (κ3) is 4.48. The maximum atomic E-state index is 12.5. The molecule has 1 aliphatic heterocycles. The fourth-order valence-electron chi connectivity index (χ4n) is 4.32. The molecule has 0 radical (unpaired) electrons. The number of nitrogens with zero attached hydrogens (tertiary/aromatic N) is 1. The zero-order chi connectivity index (χ0) is 22.0. The molecule has 164 valence electrons. The monoisotopic (exact) mass is 446 g/mol. The van der Waals surface area contributed by atoms with E-state index in [0.29, 0.717) is 30.7 Å². The van der Waals surface area contributed by atoms with Crippen molar-refractivity contribution >= 4 is 28.2 Å². The summed E-state index contributed by atoms with van der Waals surface area (Å²) < 4.78 is 5.76. The number of thiophene rings is 1. The van der Waals surface area contributed by atoms with Crippen LogP contribution in [0, 0.1) is 0 Å². The van der Waals surface area contributed by atoms with E-state index in [4.69, 9.17) is 4.42 Å². The highest BCUT2D eigenvalue weighted by Crippen LogP contribution is 2.35. The van der Waals surface area contributed by atoms with Gasteiger partial charge in [-0.15, -0.1) is 11.3 Å². The van der Waals surface area contributed by atoms with Crippen LogP contribution in [0.1, 0.15) is 39.4 Å². The summed E-state index contributed by atoms with van der Waals surface area (Å²) in [6, 6.07) is 21.9. The van der Waals surface area contributed by atoms with Crippen molar-refractivity contribution in [2.24, 2.45) is 0 Å². The Kier molecular flexibility index (Phi) is 5.83. The molecule has 6 heteroatoms. The SMILES string of the molecule is O=C(NCc1cccs1)c1cc2cc(C3(O)CCN(Cc4ccccc4)CC3)ccc2o1. The van der Waals surface area contributed by atoms with E-state index in [2.05, 4.69) is 34.5 Å². The molecule has 2 aromatic heterocycles. The lowest BCUT2D eigenvalue weighted by molar-refractivity contribution is -0.0276. The van der Waals surface area contributed by atoms with Gasteiger partial charge in [-0.25, -0.2) is 0 Å². The number of benzene rings is 2. The number of aliphatic hydroxyl groups is 1. The first kappa shape index (κ1) is 20.9. The Morgan fingerprint density at radius 2 is 1.88 bits per heavy atom. The summed E-state index contributed by atoms with van der Waals surface area (Å²) in [4.78, 5) is 16.0. The van der Waals surface area contributed by atoms with E-state index >= 15 is 0 Å². The Morgan fingerprint density at radius 1 is 1.06 bits per heavy atom. The molecule has 1 saturated heterocycles. The number of hydrogen-bond donors (Lipinski definition) is 2. The number of carbonyl (C=O) groups is 1. The summed E-state index contributed by atoms with van der Waals surface area (Å²) in [7, 11) is 0. The standard InChI is InChI=1S/C26H26N2O3S/c29-25(27-17-22-7-4-14-32-22)24-16-20-15-21(8-9-23(20)31-24)26(30)10-12-28(13-11-26)18-19-5-2-1-3-6-19/h1-9,14-16,30H,10-13,17-18H2,(H,27,29). The second kappa shape index (κ2) is 8.90. The molecular formula is C26H26N2O3S. The van der Waals surface area contributed by atoms with Crippen molar-refractivity contribution in [1.29, 1.82) is 0 Å². The first-order valence-electron chi connectivity index (χ1n) is 10.9. The van der Waals surface area contributed by atoms with Gasteiger partial charge >= 0.3 is 0 Å². The van der Waals surface area contributed by atoms with Gasteiger partial charge in [-0.05, 0) is 53.6 Å². The minimum atomic E-state index is -0.861. The molecule has 5 rings (SSSR count). The lowest BCUT2D eigenvalue weighted by Gasteiger charge is -2.38. The molecule has 0 spiro atoms. The fraction of sp³-hybridized carbons (Fsp3) is 0.269. The molecule has 5 nitrogen and oxygen atoms in total. The molecule has 2 N–H and O–H groups in total. The summed E-state index contributed by atoms with van der Waals surface area (Å²) in [6.45, 7) is 3.07. The van der Waals surface area contributed by atoms with Crippen molar-refractivity contribution in [3.63, 3.8) is 0 Å². The lowest BCUT2D eigenvalue weighted by atomic mass is 9.84. The highest BCUT2D eigenvalue weighted by Gasteiger charge is 2.34. The molecule has 0 saturated carbocycles. The fourth-order valence-corrected chi connectivity index (χ4v) is 4.97. The molecule has 0 bridgehead atoms. The van der Waals surface area contributed by atoms with Gasteiger partial charge < -0.3 is 14.8 Å². The molecule has 0 atom stereocenters. The Balaban J connectivity index is 1.25. The van der Waals surface area contributed by atoms with Gasteiger partial charge in [0, 0.05) is 29.9 Å². The zero-order valence-electron chi connectivity index (χ0n) is 17.8. The Bertz CT molecular complexity index is 1190. The van der Waals surface area contributed by atoms with Crippen LogP contribution in [0.4, 0.5) is 0 Å². The predicted octanol–water partition coefficient (Wildman–Crippen LogP) is 4.91. The normalized spacial score (nSPS) is 16.3. The van der Waals surface area contributed by atoms with Crippen LogP contribution in [0.15, 0.2) is 76.5 Å². The minimum Gasteiger partial charge on any atom is -0.451 e. The number of amides is 1. The van der Waals surface area contributed by atoms with Gasteiger partial charge in [0.15, 0.2) is 5.76 Å². The van der Waals surface area contributed by atoms with E-state index in [-0.39, 0.29) is 5.91 Å². The second-order valence-corrected chi connectivity index (χ2v) is 9.45. The van der Waals surface area contributed by atoms with Gasteiger partial charge in [0.1, 0.15) is 5.58 Å². The Labute approximate surface area is 191 Å². The second-order valence-electron chi connectivity index (χ2n) is 8.42. The number of furan rings is 1. The molecule has 2 aromatic carbocycles. The van der Waals surface area contributed by atoms with Crippen LogP contribution in [0.2, 0.25) is 0 Å². The predicted molar refractivity (Wildman–Crippen MR) is 127 cm³/mol. The van der Waals surface area contributed by atoms with E-state index in [1.807, 2.05) is 41.8 Å². The Morgan fingerprint density at radius 3 is 2.62 bits per heavy atom. The summed E-state index contributed by atoms with van der Waals surface area (Å²) in [5.41, 5.74) is 1.97. The highest BCUT2D eigenvalue weighted by atomic mass is 32.1. The van der Waals surface area contributed by atoms with Crippen molar-refractivity contribution in [3.05, 3.63) is 93.9 Å². The molecule has 1 fully saturated rings. The van der Waals surface area contributed by atoms with Gasteiger partial charge in [-0.2, -0.15) is 0 Å². The summed E-state index contributed by atoms with van der Waals surface area (Å²) in [6.07, 6.45) is 1.36. The highest BCUT2D eigenvalue weighted by molar-refractivity contribution is 7.09. The van der Waals surface area contributed by atoms with Crippen LogP contribution in [-0.4, -0.2) is 29.0 Å². The van der Waals surface area contributed by atoms with Crippen LogP contribution < -0.4 is 5.32 Å². The number of nitrogens with one attached hydrogen (secondary N) is 1. The first-order valence-corrected chi connectivity index (χ1v) is 11.8. The molecule has 0 unspecified atom stereocenters. The van der Waals surface area contributed by atoms with Crippen molar-refractivity contribution in [2.75, 3.05) is 13.1 Å². The zero-order valence-corrected chi connectivity index (χ0v) is 18.6. The van der Waals surface area contributed by atoms with Crippen LogP contribution >= 0.6 is 11.3 Å². The summed E-state index contributed by atoms with van der Waals surface area (Å²) in [5.74, 6) is 0.0578. The molecule has 1 aliphatic rings. The lowest BCUT2D eigenvalue weighted by Crippen LogP contribution is -2.42. The maximum Gasteiger partial charge on any atom is 0.287 e. The van der Waals surface area contributed by atoms with Crippen LogP contribution in [0.5, 0.6) is 0 Å². The number of likely N-dealkylation sites (tertiary alicyclic amines) is 1. The third-order valence-corrected chi connectivity index (χ3v) is 7.09. The minimum absolute atomic E-state index is 0.232. The first-order chi connectivity index (χ1) is 15.6. The average molecular weight is 447 g/mol. The Hall–Kier alpha value is -2.93. The maximum absolute atomic E-state index is 12.5. The number of carbonyl (C=O) groups excluding carboxylic acids is 1. The van der Waals surface area contributed by atoms with Crippen molar-refractivity contribution < 1.29 is 14.3 Å². The van der Waals surface area contributed by atoms with Gasteiger partial charge in [0.25, 0.3) is 5.91 Å². The number of rotatable bonds is 6. The van der Waals surface area contributed by atoms with E-state index in [9.17, 15) is 9.90 Å². The van der Waals surface area contributed by atoms with Crippen molar-refractivity contribution in [1.82, 2.24) is 10.2 Å². The van der Waals surface area contributed by atoms with Crippen LogP contribution in [0.3, 0.4) is 0 Å². The quantitative estimate of drug-likeness (QED) is 0.442. The van der Waals surface area contributed by atoms with Gasteiger partial charge in [0.05, 0.1) is 12.1 Å². The van der Waals surface area contributed by atoms with E-state index in [1.54, 1.807) is 17.4 Å². The van der Waals surface area contributed by atoms with Crippen LogP contribution in [0.25, 0.3) is 11.0 Å².